The Morgan fingerprint density at radius 2 is 1.67 bits per heavy atom. The fourth-order valence-corrected chi connectivity index (χ4v) is 5.61. The summed E-state index contributed by atoms with van der Waals surface area (Å²) in [5.41, 5.74) is 2.93. The maximum absolute atomic E-state index is 13.0. The number of furan rings is 1. The van der Waals surface area contributed by atoms with Gasteiger partial charge in [0.2, 0.25) is 11.0 Å². The molecule has 2 amide bonds. The van der Waals surface area contributed by atoms with Gasteiger partial charge in [0.1, 0.15) is 5.76 Å². The number of hydrogen-bond acceptors (Lipinski definition) is 8. The van der Waals surface area contributed by atoms with Gasteiger partial charge in [0.15, 0.2) is 4.34 Å². The number of thioether (sulfide) groups is 1. The molecule has 1 saturated heterocycles. The van der Waals surface area contributed by atoms with Gasteiger partial charge in [0.25, 0.3) is 5.91 Å². The number of rotatable bonds is 8. The van der Waals surface area contributed by atoms with Crippen LogP contribution in [0.3, 0.4) is 0 Å². The topological polar surface area (TPSA) is 91.6 Å². The summed E-state index contributed by atoms with van der Waals surface area (Å²) < 4.78 is 5.96. The highest BCUT2D eigenvalue weighted by atomic mass is 32.2. The first kappa shape index (κ1) is 24.1. The first-order valence-corrected chi connectivity index (χ1v) is 13.4. The van der Waals surface area contributed by atoms with Crippen molar-refractivity contribution < 1.29 is 14.0 Å². The van der Waals surface area contributed by atoms with E-state index in [2.05, 4.69) is 32.5 Å². The molecule has 0 bridgehead atoms. The van der Waals surface area contributed by atoms with Crippen molar-refractivity contribution in [1.29, 1.82) is 0 Å². The first-order chi connectivity index (χ1) is 17.7. The minimum Gasteiger partial charge on any atom is -0.467 e. The summed E-state index contributed by atoms with van der Waals surface area (Å²) in [7, 11) is 0. The molecular formula is C26H25N5O3S2. The summed E-state index contributed by atoms with van der Waals surface area (Å²) in [5, 5.41) is 12.1. The van der Waals surface area contributed by atoms with Crippen LogP contribution >= 0.6 is 23.1 Å². The van der Waals surface area contributed by atoms with Crippen molar-refractivity contribution in [2.75, 3.05) is 36.8 Å². The molecule has 2 aromatic heterocycles. The lowest BCUT2D eigenvalue weighted by molar-refractivity contribution is -0.118. The summed E-state index contributed by atoms with van der Waals surface area (Å²) in [5.74, 6) is 0.939. The minimum atomic E-state index is -0.0860. The van der Waals surface area contributed by atoms with Crippen molar-refractivity contribution >= 4 is 40.0 Å². The van der Waals surface area contributed by atoms with Crippen LogP contribution in [-0.4, -0.2) is 58.8 Å². The summed E-state index contributed by atoms with van der Waals surface area (Å²) in [6.45, 7) is 2.99. The lowest BCUT2D eigenvalue weighted by atomic mass is 10.0. The third kappa shape index (κ3) is 5.95. The number of benzene rings is 2. The van der Waals surface area contributed by atoms with Crippen LogP contribution in [0.15, 0.2) is 81.8 Å². The minimum absolute atomic E-state index is 0.0448. The number of nitrogens with one attached hydrogen (secondary N) is 1. The summed E-state index contributed by atoms with van der Waals surface area (Å²) >= 11 is 2.83. The van der Waals surface area contributed by atoms with Crippen molar-refractivity contribution in [3.8, 4) is 11.1 Å². The zero-order valence-corrected chi connectivity index (χ0v) is 21.1. The van der Waals surface area contributed by atoms with Gasteiger partial charge in [-0.25, -0.2) is 0 Å². The number of anilines is 1. The Bertz CT molecular complexity index is 1280. The molecule has 0 unspecified atom stereocenters. The van der Waals surface area contributed by atoms with E-state index in [0.29, 0.717) is 44.0 Å². The van der Waals surface area contributed by atoms with E-state index in [0.717, 1.165) is 20.6 Å². The summed E-state index contributed by atoms with van der Waals surface area (Å²) in [6.07, 6.45) is 1.58. The number of hydrogen-bond donors (Lipinski definition) is 1. The maximum atomic E-state index is 13.0. The van der Waals surface area contributed by atoms with Crippen molar-refractivity contribution in [3.63, 3.8) is 0 Å². The second-order valence-corrected chi connectivity index (χ2v) is 10.4. The molecule has 5 rings (SSSR count). The molecule has 2 aromatic carbocycles. The van der Waals surface area contributed by atoms with Crippen LogP contribution in [-0.2, 0) is 11.3 Å². The predicted molar refractivity (Wildman–Crippen MR) is 141 cm³/mol. The Morgan fingerprint density at radius 3 is 2.39 bits per heavy atom. The Morgan fingerprint density at radius 1 is 0.917 bits per heavy atom. The number of piperazine rings is 1. The van der Waals surface area contributed by atoms with Gasteiger partial charge in [-0.15, -0.1) is 10.2 Å². The number of aromatic nitrogens is 2. The molecule has 184 valence electrons. The predicted octanol–water partition coefficient (Wildman–Crippen LogP) is 4.17. The Kier molecular flexibility index (Phi) is 7.63. The highest BCUT2D eigenvalue weighted by Gasteiger charge is 2.24. The molecule has 1 N–H and O–H groups in total. The van der Waals surface area contributed by atoms with Crippen LogP contribution in [0.25, 0.3) is 11.1 Å². The second kappa shape index (κ2) is 11.4. The SMILES string of the molecule is O=C(CSc1nnc(N2CCN(C(=O)c3ccc(-c4ccccc4)cc3)CC2)s1)NCc1ccco1. The quantitative estimate of drug-likeness (QED) is 0.349. The molecule has 1 aliphatic heterocycles. The lowest BCUT2D eigenvalue weighted by Gasteiger charge is -2.34. The number of carbonyl (C=O) groups is 2. The largest absolute Gasteiger partial charge is 0.467 e. The van der Waals surface area contributed by atoms with Crippen molar-refractivity contribution in [3.05, 3.63) is 84.3 Å². The summed E-state index contributed by atoms with van der Waals surface area (Å²) in [6, 6.07) is 21.5. The maximum Gasteiger partial charge on any atom is 0.253 e. The van der Waals surface area contributed by atoms with Crippen LogP contribution in [0.2, 0.25) is 0 Å². The van der Waals surface area contributed by atoms with Crippen LogP contribution in [0.1, 0.15) is 16.1 Å². The van der Waals surface area contributed by atoms with Gasteiger partial charge in [-0.2, -0.15) is 0 Å². The van der Waals surface area contributed by atoms with Crippen LogP contribution in [0, 0.1) is 0 Å². The monoisotopic (exact) mass is 519 g/mol. The third-order valence-corrected chi connectivity index (χ3v) is 7.96. The molecule has 10 heteroatoms. The molecule has 8 nitrogen and oxygen atoms in total. The smallest absolute Gasteiger partial charge is 0.253 e. The van der Waals surface area contributed by atoms with Gasteiger partial charge in [0, 0.05) is 31.7 Å². The molecule has 36 heavy (non-hydrogen) atoms. The molecule has 1 fully saturated rings. The Labute approximate surface area is 217 Å². The normalized spacial score (nSPS) is 13.6. The highest BCUT2D eigenvalue weighted by Crippen LogP contribution is 2.29. The van der Waals surface area contributed by atoms with E-state index in [-0.39, 0.29) is 17.6 Å². The van der Waals surface area contributed by atoms with Crippen molar-refractivity contribution in [1.82, 2.24) is 20.4 Å². The molecule has 0 radical (unpaired) electrons. The van der Waals surface area contributed by atoms with Crippen LogP contribution in [0.4, 0.5) is 5.13 Å². The van der Waals surface area contributed by atoms with Gasteiger partial charge < -0.3 is 19.5 Å². The highest BCUT2D eigenvalue weighted by molar-refractivity contribution is 8.01. The number of carbonyl (C=O) groups excluding carboxylic acids is 2. The summed E-state index contributed by atoms with van der Waals surface area (Å²) in [4.78, 5) is 29.1. The number of amides is 2. The molecule has 0 atom stereocenters. The molecule has 1 aliphatic rings. The van der Waals surface area contributed by atoms with Crippen LogP contribution < -0.4 is 10.2 Å². The van der Waals surface area contributed by atoms with Gasteiger partial charge in [-0.3, -0.25) is 9.59 Å². The fraction of sp³-hybridized carbons (Fsp3) is 0.231. The molecule has 0 aliphatic carbocycles. The second-order valence-electron chi connectivity index (χ2n) is 8.22. The fourth-order valence-electron chi connectivity index (χ4n) is 3.89. The third-order valence-electron chi connectivity index (χ3n) is 5.84. The van der Waals surface area contributed by atoms with Gasteiger partial charge in [0.05, 0.1) is 18.6 Å². The molecule has 3 heterocycles. The average molecular weight is 520 g/mol. The van der Waals surface area contributed by atoms with E-state index in [1.165, 1.54) is 23.1 Å². The molecular weight excluding hydrogens is 494 g/mol. The van der Waals surface area contributed by atoms with Gasteiger partial charge in [-0.05, 0) is 35.4 Å². The van der Waals surface area contributed by atoms with Gasteiger partial charge in [-0.1, -0.05) is 65.6 Å². The van der Waals surface area contributed by atoms with Crippen molar-refractivity contribution in [2.24, 2.45) is 0 Å². The Balaban J connectivity index is 1.09. The van der Waals surface area contributed by atoms with E-state index < -0.39 is 0 Å². The average Bonchev–Trinajstić information content (AvgIpc) is 3.64. The van der Waals surface area contributed by atoms with E-state index >= 15 is 0 Å². The van der Waals surface area contributed by atoms with E-state index in [1.807, 2.05) is 53.4 Å². The van der Waals surface area contributed by atoms with Crippen LogP contribution in [0.5, 0.6) is 0 Å². The Hall–Kier alpha value is -3.63. The first-order valence-electron chi connectivity index (χ1n) is 11.6. The molecule has 0 spiro atoms. The van der Waals surface area contributed by atoms with Crippen molar-refractivity contribution in [2.45, 2.75) is 10.9 Å². The standard InChI is InChI=1S/C26H25N5O3S2/c32-23(27-17-22-7-4-16-34-22)18-35-26-29-28-25(36-26)31-14-12-30(13-15-31)24(33)21-10-8-20(9-11-21)19-5-2-1-3-6-19/h1-11,16H,12-15,17-18H2,(H,27,32). The number of nitrogens with zero attached hydrogens (tertiary/aromatic N) is 4. The molecule has 0 saturated carbocycles. The lowest BCUT2D eigenvalue weighted by Crippen LogP contribution is -2.48. The van der Waals surface area contributed by atoms with Gasteiger partial charge >= 0.3 is 0 Å². The van der Waals surface area contributed by atoms with E-state index in [4.69, 9.17) is 4.42 Å². The zero-order chi connectivity index (χ0) is 24.7. The molecule has 4 aromatic rings. The zero-order valence-electron chi connectivity index (χ0n) is 19.5. The van der Waals surface area contributed by atoms with E-state index in [9.17, 15) is 9.59 Å². The van der Waals surface area contributed by atoms with E-state index in [1.54, 1.807) is 12.3 Å².